The third-order valence-electron chi connectivity index (χ3n) is 2.43. The molecule has 2 aromatic rings. The third kappa shape index (κ3) is 2.32. The lowest BCUT2D eigenvalue weighted by Crippen LogP contribution is -2.03. The molecule has 0 unspecified atom stereocenters. The standard InChI is InChI=1S/C11H8F2N4O2/c1-14-11-10(17(18)19)9(15-5-16-11)6-2-3-7(12)8(13)4-6/h2-5H,1H3,(H,14,15,16). The van der Waals surface area contributed by atoms with Gasteiger partial charge in [-0.05, 0) is 18.2 Å². The Balaban J connectivity index is 2.67. The quantitative estimate of drug-likeness (QED) is 0.681. The van der Waals surface area contributed by atoms with Gasteiger partial charge in [0.15, 0.2) is 17.3 Å². The fourth-order valence-corrected chi connectivity index (χ4v) is 1.59. The van der Waals surface area contributed by atoms with Crippen molar-refractivity contribution in [2.75, 3.05) is 12.4 Å². The van der Waals surface area contributed by atoms with Gasteiger partial charge in [-0.25, -0.2) is 18.7 Å². The molecule has 8 heteroatoms. The van der Waals surface area contributed by atoms with Crippen LogP contribution in [0.4, 0.5) is 20.3 Å². The van der Waals surface area contributed by atoms with Crippen molar-refractivity contribution in [2.45, 2.75) is 0 Å². The smallest absolute Gasteiger partial charge is 0.337 e. The Bertz CT molecular complexity index is 649. The maximum Gasteiger partial charge on any atom is 0.337 e. The minimum Gasteiger partial charge on any atom is -0.367 e. The lowest BCUT2D eigenvalue weighted by Gasteiger charge is -2.06. The molecule has 0 bridgehead atoms. The summed E-state index contributed by atoms with van der Waals surface area (Å²) in [6.45, 7) is 0. The van der Waals surface area contributed by atoms with Crippen molar-refractivity contribution in [1.82, 2.24) is 9.97 Å². The van der Waals surface area contributed by atoms with Crippen LogP contribution < -0.4 is 5.32 Å². The van der Waals surface area contributed by atoms with Gasteiger partial charge in [0.25, 0.3) is 0 Å². The number of halogens is 2. The number of nitro groups is 1. The second-order valence-corrected chi connectivity index (χ2v) is 3.56. The molecule has 1 heterocycles. The highest BCUT2D eigenvalue weighted by atomic mass is 19.2. The molecule has 98 valence electrons. The van der Waals surface area contributed by atoms with Crippen LogP contribution in [0.2, 0.25) is 0 Å². The van der Waals surface area contributed by atoms with Crippen LogP contribution in [0, 0.1) is 21.7 Å². The maximum atomic E-state index is 13.2. The van der Waals surface area contributed by atoms with E-state index in [1.807, 2.05) is 0 Å². The van der Waals surface area contributed by atoms with Gasteiger partial charge in [-0.1, -0.05) is 0 Å². The molecule has 2 rings (SSSR count). The fourth-order valence-electron chi connectivity index (χ4n) is 1.59. The van der Waals surface area contributed by atoms with E-state index < -0.39 is 22.2 Å². The summed E-state index contributed by atoms with van der Waals surface area (Å²) in [6, 6.07) is 2.95. The zero-order chi connectivity index (χ0) is 14.0. The van der Waals surface area contributed by atoms with Gasteiger partial charge in [-0.15, -0.1) is 0 Å². The van der Waals surface area contributed by atoms with E-state index in [9.17, 15) is 18.9 Å². The van der Waals surface area contributed by atoms with Gasteiger partial charge in [0.2, 0.25) is 5.82 Å². The van der Waals surface area contributed by atoms with E-state index in [4.69, 9.17) is 0 Å². The number of nitrogens with one attached hydrogen (secondary N) is 1. The second kappa shape index (κ2) is 4.92. The summed E-state index contributed by atoms with van der Waals surface area (Å²) in [5.74, 6) is -2.13. The zero-order valence-electron chi connectivity index (χ0n) is 9.72. The van der Waals surface area contributed by atoms with Gasteiger partial charge in [0.1, 0.15) is 6.33 Å². The Morgan fingerprint density at radius 1 is 1.26 bits per heavy atom. The molecule has 19 heavy (non-hydrogen) atoms. The molecule has 0 amide bonds. The predicted molar refractivity (Wildman–Crippen MR) is 63.6 cm³/mol. The lowest BCUT2D eigenvalue weighted by atomic mass is 10.1. The summed E-state index contributed by atoms with van der Waals surface area (Å²) in [5.41, 5.74) is -0.372. The van der Waals surface area contributed by atoms with Gasteiger partial charge in [0, 0.05) is 12.6 Å². The molecule has 0 aliphatic carbocycles. The zero-order valence-corrected chi connectivity index (χ0v) is 9.72. The molecule has 0 saturated carbocycles. The SMILES string of the molecule is CNc1ncnc(-c2ccc(F)c(F)c2)c1[N+](=O)[O-]. The van der Waals surface area contributed by atoms with Crippen molar-refractivity contribution in [3.8, 4) is 11.3 Å². The van der Waals surface area contributed by atoms with Crippen LogP contribution >= 0.6 is 0 Å². The highest BCUT2D eigenvalue weighted by Gasteiger charge is 2.23. The van der Waals surface area contributed by atoms with Crippen LogP contribution in [0.5, 0.6) is 0 Å². The average molecular weight is 266 g/mol. The molecule has 0 spiro atoms. The van der Waals surface area contributed by atoms with Crippen molar-refractivity contribution in [3.63, 3.8) is 0 Å². The van der Waals surface area contributed by atoms with E-state index in [2.05, 4.69) is 15.3 Å². The van der Waals surface area contributed by atoms with E-state index in [1.165, 1.54) is 13.1 Å². The summed E-state index contributed by atoms with van der Waals surface area (Å²) in [6.07, 6.45) is 1.11. The molecule has 0 aliphatic heterocycles. The minimum absolute atomic E-state index is 0.000247. The Hall–Kier alpha value is -2.64. The van der Waals surface area contributed by atoms with Crippen molar-refractivity contribution in [3.05, 3.63) is 46.3 Å². The summed E-state index contributed by atoms with van der Waals surface area (Å²) >= 11 is 0. The number of aromatic nitrogens is 2. The van der Waals surface area contributed by atoms with E-state index in [0.717, 1.165) is 18.5 Å². The molecule has 6 nitrogen and oxygen atoms in total. The normalized spacial score (nSPS) is 10.3. The van der Waals surface area contributed by atoms with Crippen molar-refractivity contribution < 1.29 is 13.7 Å². The van der Waals surface area contributed by atoms with Gasteiger partial charge < -0.3 is 5.32 Å². The molecular formula is C11H8F2N4O2. The van der Waals surface area contributed by atoms with Crippen LogP contribution in [0.3, 0.4) is 0 Å². The number of rotatable bonds is 3. The van der Waals surface area contributed by atoms with E-state index in [1.54, 1.807) is 0 Å². The Kier molecular flexibility index (Phi) is 3.32. The topological polar surface area (TPSA) is 81.0 Å². The number of anilines is 1. The Labute approximate surface area is 106 Å². The highest BCUT2D eigenvalue weighted by molar-refractivity contribution is 5.76. The molecule has 0 saturated heterocycles. The lowest BCUT2D eigenvalue weighted by molar-refractivity contribution is -0.383. The highest BCUT2D eigenvalue weighted by Crippen LogP contribution is 2.32. The van der Waals surface area contributed by atoms with Crippen LogP contribution in [0.25, 0.3) is 11.3 Å². The third-order valence-corrected chi connectivity index (χ3v) is 2.43. The summed E-state index contributed by atoms with van der Waals surface area (Å²) < 4.78 is 26.0. The van der Waals surface area contributed by atoms with Gasteiger partial charge in [-0.2, -0.15) is 0 Å². The molecule has 1 aromatic carbocycles. The average Bonchev–Trinajstić information content (AvgIpc) is 2.40. The van der Waals surface area contributed by atoms with Gasteiger partial charge >= 0.3 is 5.69 Å². The van der Waals surface area contributed by atoms with E-state index >= 15 is 0 Å². The number of benzene rings is 1. The summed E-state index contributed by atoms with van der Waals surface area (Å²) in [5, 5.41) is 13.6. The summed E-state index contributed by atoms with van der Waals surface area (Å²) in [7, 11) is 1.46. The number of nitrogens with zero attached hydrogens (tertiary/aromatic N) is 3. The number of hydrogen-bond donors (Lipinski definition) is 1. The van der Waals surface area contributed by atoms with Gasteiger partial charge in [-0.3, -0.25) is 10.1 Å². The first-order valence-electron chi connectivity index (χ1n) is 5.17. The largest absolute Gasteiger partial charge is 0.367 e. The molecule has 0 aliphatic rings. The summed E-state index contributed by atoms with van der Waals surface area (Å²) in [4.78, 5) is 17.8. The predicted octanol–water partition coefficient (Wildman–Crippen LogP) is 2.37. The molecular weight excluding hydrogens is 258 g/mol. The van der Waals surface area contributed by atoms with Crippen LogP contribution in [0.1, 0.15) is 0 Å². The van der Waals surface area contributed by atoms with Crippen molar-refractivity contribution in [2.24, 2.45) is 0 Å². The maximum absolute atomic E-state index is 13.2. The first kappa shape index (κ1) is 12.8. The molecule has 0 fully saturated rings. The molecule has 1 N–H and O–H groups in total. The van der Waals surface area contributed by atoms with Crippen LogP contribution in [0.15, 0.2) is 24.5 Å². The first-order valence-corrected chi connectivity index (χ1v) is 5.17. The monoisotopic (exact) mass is 266 g/mol. The van der Waals surface area contributed by atoms with Crippen molar-refractivity contribution in [1.29, 1.82) is 0 Å². The first-order chi connectivity index (χ1) is 9.04. The molecule has 0 radical (unpaired) electrons. The van der Waals surface area contributed by atoms with E-state index in [0.29, 0.717) is 0 Å². The van der Waals surface area contributed by atoms with Gasteiger partial charge in [0.05, 0.1) is 4.92 Å². The van der Waals surface area contributed by atoms with Crippen LogP contribution in [-0.2, 0) is 0 Å². The second-order valence-electron chi connectivity index (χ2n) is 3.56. The molecule has 1 aromatic heterocycles. The van der Waals surface area contributed by atoms with Crippen LogP contribution in [-0.4, -0.2) is 21.9 Å². The van der Waals surface area contributed by atoms with E-state index in [-0.39, 0.29) is 17.1 Å². The minimum atomic E-state index is -1.10. The Morgan fingerprint density at radius 2 is 2.00 bits per heavy atom. The Morgan fingerprint density at radius 3 is 2.58 bits per heavy atom. The number of hydrogen-bond acceptors (Lipinski definition) is 5. The van der Waals surface area contributed by atoms with Crippen molar-refractivity contribution >= 4 is 11.5 Å². The molecule has 0 atom stereocenters. The fraction of sp³-hybridized carbons (Fsp3) is 0.0909.